The Kier molecular flexibility index (Phi) is 7.97. The van der Waals surface area contributed by atoms with Crippen molar-refractivity contribution in [2.24, 2.45) is 0 Å². The SMILES string of the molecule is CCc1ccc(-c2c3c4sc(C)cc4c4cc(C(C)(C)C)sc4c3c(-c3ccc(CC)s3)c3c4sc(CC)cc4c4cc(C(C)C)sc4c23)s1. The number of thiophene rings is 6. The molecule has 0 radical (unpaired) electrons. The Balaban J connectivity index is 1.69. The van der Waals surface area contributed by atoms with Crippen LogP contribution in [0.25, 0.3) is 82.8 Å². The van der Waals surface area contributed by atoms with Crippen LogP contribution in [0.15, 0.2) is 48.5 Å². The predicted octanol–water partition coefficient (Wildman–Crippen LogP) is 16.7. The number of aryl methyl sites for hydroxylation is 4. The van der Waals surface area contributed by atoms with E-state index in [1.807, 2.05) is 56.7 Å². The lowest BCUT2D eigenvalue weighted by Gasteiger charge is -2.19. The molecule has 6 aromatic heterocycles. The van der Waals surface area contributed by atoms with Gasteiger partial charge < -0.3 is 0 Å². The second kappa shape index (κ2) is 12.0. The van der Waals surface area contributed by atoms with Crippen molar-refractivity contribution in [2.75, 3.05) is 0 Å². The molecule has 0 saturated carbocycles. The van der Waals surface area contributed by atoms with Gasteiger partial charge in [0.15, 0.2) is 0 Å². The summed E-state index contributed by atoms with van der Waals surface area (Å²) in [4.78, 5) is 11.6. The Labute approximate surface area is 319 Å². The summed E-state index contributed by atoms with van der Waals surface area (Å²) in [6, 6.07) is 19.8. The van der Waals surface area contributed by atoms with Crippen molar-refractivity contribution in [3.63, 3.8) is 0 Å². The van der Waals surface area contributed by atoms with Gasteiger partial charge in [0.1, 0.15) is 0 Å². The zero-order valence-corrected chi connectivity index (χ0v) is 35.2. The highest BCUT2D eigenvalue weighted by Crippen LogP contribution is 2.59. The average Bonchev–Trinajstić information content (AvgIpc) is 3.93. The van der Waals surface area contributed by atoms with Gasteiger partial charge in [-0.1, -0.05) is 55.4 Å². The lowest BCUT2D eigenvalue weighted by Crippen LogP contribution is -2.07. The molecule has 0 saturated heterocycles. The molecule has 0 amide bonds. The molecule has 50 heavy (non-hydrogen) atoms. The maximum absolute atomic E-state index is 2.54. The smallest absolute Gasteiger partial charge is 0.0438 e. The summed E-state index contributed by atoms with van der Waals surface area (Å²) in [5, 5.41) is 11.7. The Bertz CT molecular complexity index is 2790. The van der Waals surface area contributed by atoms with Crippen molar-refractivity contribution in [3.05, 3.63) is 77.8 Å². The number of hydrogen-bond acceptors (Lipinski definition) is 6. The van der Waals surface area contributed by atoms with E-state index in [0.29, 0.717) is 5.92 Å². The van der Waals surface area contributed by atoms with E-state index < -0.39 is 0 Å². The minimum Gasteiger partial charge on any atom is -0.140 e. The molecule has 0 N–H and O–H groups in total. The van der Waals surface area contributed by atoms with Crippen LogP contribution >= 0.6 is 68.0 Å². The normalized spacial score (nSPS) is 12.9. The summed E-state index contributed by atoms with van der Waals surface area (Å²) in [5.74, 6) is 0.483. The molecule has 9 rings (SSSR count). The van der Waals surface area contributed by atoms with Crippen LogP contribution < -0.4 is 0 Å². The highest BCUT2D eigenvalue weighted by molar-refractivity contribution is 7.25. The highest BCUT2D eigenvalue weighted by atomic mass is 32.1. The van der Waals surface area contributed by atoms with Crippen molar-refractivity contribution >= 4 is 130 Å². The first-order chi connectivity index (χ1) is 24.0. The molecule has 0 nitrogen and oxygen atoms in total. The van der Waals surface area contributed by atoms with Crippen molar-refractivity contribution in [1.82, 2.24) is 0 Å². The van der Waals surface area contributed by atoms with Crippen LogP contribution in [0.4, 0.5) is 0 Å². The summed E-state index contributed by atoms with van der Waals surface area (Å²) in [6.07, 6.45) is 3.18. The lowest BCUT2D eigenvalue weighted by atomic mass is 9.87. The third-order valence-electron chi connectivity index (χ3n) is 10.3. The summed E-state index contributed by atoms with van der Waals surface area (Å²) in [7, 11) is 0. The first-order valence-corrected chi connectivity index (χ1v) is 22.9. The van der Waals surface area contributed by atoms with E-state index in [9.17, 15) is 0 Å². The van der Waals surface area contributed by atoms with E-state index in [0.717, 1.165) is 19.3 Å². The summed E-state index contributed by atoms with van der Waals surface area (Å²) in [5.41, 5.74) is 3.00. The molecular formula is C44H42S6. The Morgan fingerprint density at radius 2 is 1.00 bits per heavy atom. The zero-order valence-electron chi connectivity index (χ0n) is 30.3. The fraction of sp³-hybridized carbons (Fsp3) is 0.318. The molecule has 0 fully saturated rings. The summed E-state index contributed by atoms with van der Waals surface area (Å²) < 4.78 is 5.85. The monoisotopic (exact) mass is 762 g/mol. The summed E-state index contributed by atoms with van der Waals surface area (Å²) in [6.45, 7) is 21.1. The molecule has 0 atom stereocenters. The maximum atomic E-state index is 2.54. The van der Waals surface area contributed by atoms with E-state index in [4.69, 9.17) is 0 Å². The minimum atomic E-state index is 0.0722. The van der Waals surface area contributed by atoms with Gasteiger partial charge in [-0.2, -0.15) is 0 Å². The standard InChI is InChI=1S/C44H42S6/c1-10-23-13-15-30(46-23)34-36-39(43-29(20-33(50-43)44(7,8)9)26-17-22(6)45-40(26)36)35(31-16-14-24(11-2)47-31)37-38(34)42-28(19-32(49-42)21(4)5)27-18-25(12-3)48-41(27)37/h13-21H,10-12H2,1-9H3. The fourth-order valence-corrected chi connectivity index (χ4v) is 14.5. The first kappa shape index (κ1) is 33.3. The Morgan fingerprint density at radius 1 is 0.520 bits per heavy atom. The second-order valence-electron chi connectivity index (χ2n) is 15.0. The molecule has 3 aromatic carbocycles. The third-order valence-corrected chi connectivity index (χ3v) is 18.2. The number of rotatable bonds is 6. The first-order valence-electron chi connectivity index (χ1n) is 18.0. The molecule has 0 aliphatic heterocycles. The molecule has 254 valence electrons. The van der Waals surface area contributed by atoms with Crippen LogP contribution in [-0.2, 0) is 24.7 Å². The molecule has 0 aliphatic rings. The van der Waals surface area contributed by atoms with E-state index in [-0.39, 0.29) is 5.41 Å². The van der Waals surface area contributed by atoms with Crippen LogP contribution in [-0.4, -0.2) is 0 Å². The van der Waals surface area contributed by atoms with Crippen LogP contribution in [0, 0.1) is 6.92 Å². The number of benzene rings is 3. The molecule has 6 heteroatoms. The lowest BCUT2D eigenvalue weighted by molar-refractivity contribution is 0.604. The average molecular weight is 763 g/mol. The van der Waals surface area contributed by atoms with E-state index in [2.05, 4.69) is 122 Å². The van der Waals surface area contributed by atoms with Crippen LogP contribution in [0.1, 0.15) is 90.6 Å². The third kappa shape index (κ3) is 4.89. The van der Waals surface area contributed by atoms with E-state index >= 15 is 0 Å². The van der Waals surface area contributed by atoms with E-state index in [1.54, 1.807) is 0 Å². The Morgan fingerprint density at radius 3 is 1.52 bits per heavy atom. The van der Waals surface area contributed by atoms with Crippen LogP contribution in [0.2, 0.25) is 0 Å². The Hall–Kier alpha value is -2.58. The van der Waals surface area contributed by atoms with Crippen LogP contribution in [0.3, 0.4) is 0 Å². The van der Waals surface area contributed by atoms with Crippen molar-refractivity contribution in [1.29, 1.82) is 0 Å². The topological polar surface area (TPSA) is 0 Å². The van der Waals surface area contributed by atoms with Gasteiger partial charge in [0.2, 0.25) is 0 Å². The van der Waals surface area contributed by atoms with Gasteiger partial charge in [0.25, 0.3) is 0 Å². The van der Waals surface area contributed by atoms with Gasteiger partial charge in [-0.3, -0.25) is 0 Å². The zero-order chi connectivity index (χ0) is 34.8. The largest absolute Gasteiger partial charge is 0.140 e. The summed E-state index contributed by atoms with van der Waals surface area (Å²) >= 11 is 12.2. The quantitative estimate of drug-likeness (QED) is 0.148. The highest BCUT2D eigenvalue weighted by Gasteiger charge is 2.30. The van der Waals surface area contributed by atoms with Gasteiger partial charge in [0, 0.05) is 112 Å². The van der Waals surface area contributed by atoms with E-state index in [1.165, 1.54) is 112 Å². The van der Waals surface area contributed by atoms with Crippen molar-refractivity contribution in [3.8, 4) is 20.9 Å². The molecule has 0 spiro atoms. The maximum Gasteiger partial charge on any atom is 0.0438 e. The van der Waals surface area contributed by atoms with Gasteiger partial charge >= 0.3 is 0 Å². The van der Waals surface area contributed by atoms with Crippen molar-refractivity contribution in [2.45, 2.75) is 92.9 Å². The predicted molar refractivity (Wildman–Crippen MR) is 235 cm³/mol. The van der Waals surface area contributed by atoms with Crippen LogP contribution in [0.5, 0.6) is 0 Å². The molecule has 6 heterocycles. The molecule has 9 aromatic rings. The van der Waals surface area contributed by atoms with Crippen molar-refractivity contribution < 1.29 is 0 Å². The fourth-order valence-electron chi connectivity index (χ4n) is 7.68. The minimum absolute atomic E-state index is 0.0722. The van der Waals surface area contributed by atoms with Gasteiger partial charge in [-0.25, -0.2) is 0 Å². The molecule has 0 unspecified atom stereocenters. The number of fused-ring (bicyclic) bond motifs is 12. The molecule has 0 bridgehead atoms. The van der Waals surface area contributed by atoms with Gasteiger partial charge in [-0.05, 0) is 86.1 Å². The number of hydrogen-bond donors (Lipinski definition) is 0. The molecular weight excluding hydrogens is 721 g/mol. The molecule has 0 aliphatic carbocycles. The van der Waals surface area contributed by atoms with Gasteiger partial charge in [-0.15, -0.1) is 68.0 Å². The second-order valence-corrected chi connectivity index (χ2v) is 21.9. The van der Waals surface area contributed by atoms with Gasteiger partial charge in [0.05, 0.1) is 0 Å².